The van der Waals surface area contributed by atoms with Crippen LogP contribution in [0.2, 0.25) is 0 Å². The summed E-state index contributed by atoms with van der Waals surface area (Å²) in [5.41, 5.74) is 4.97. The second-order valence-electron chi connectivity index (χ2n) is 8.80. The Hall–Kier alpha value is -2.59. The standard InChI is InChI=1S/C13H16N2O.C12H16O.C4H10/c1-2-12(16)10-15-9-8-13(14-15)11-6-4-3-5-7-11;1-9-6-7-11-10(8-9)4-3-5-12(11)13-2;1-3-4-2/h3-9,12,16H,2,10H2,1H3;3-5,9H,6-8H2,1-2H3;3-4H2,1-2H3/t12-;9-;/m10./s1. The molecule has 0 fully saturated rings. The molecule has 4 nitrogen and oxygen atoms in total. The van der Waals surface area contributed by atoms with E-state index in [9.17, 15) is 5.11 Å². The summed E-state index contributed by atoms with van der Waals surface area (Å²) in [6.45, 7) is 9.21. The van der Waals surface area contributed by atoms with Crippen molar-refractivity contribution in [3.05, 3.63) is 71.9 Å². The molecule has 1 aliphatic rings. The lowest BCUT2D eigenvalue weighted by Crippen LogP contribution is -2.14. The molecule has 0 bridgehead atoms. The number of hydrogen-bond donors (Lipinski definition) is 1. The predicted octanol–water partition coefficient (Wildman–Crippen LogP) is 6.95. The molecule has 33 heavy (non-hydrogen) atoms. The van der Waals surface area contributed by atoms with Crippen LogP contribution in [0.15, 0.2) is 60.8 Å². The fraction of sp³-hybridized carbons (Fsp3) is 0.483. The van der Waals surface area contributed by atoms with Crippen LogP contribution in [0.3, 0.4) is 0 Å². The average molecular weight is 451 g/mol. The molecule has 1 aromatic heterocycles. The van der Waals surface area contributed by atoms with Gasteiger partial charge < -0.3 is 9.84 Å². The second kappa shape index (κ2) is 14.5. The number of aliphatic hydroxyl groups is 1. The van der Waals surface area contributed by atoms with Crippen molar-refractivity contribution in [1.29, 1.82) is 0 Å². The van der Waals surface area contributed by atoms with Gasteiger partial charge in [-0.1, -0.05) is 83.0 Å². The molecule has 2 aromatic carbocycles. The number of hydrogen-bond acceptors (Lipinski definition) is 3. The van der Waals surface area contributed by atoms with Crippen LogP contribution >= 0.6 is 0 Å². The summed E-state index contributed by atoms with van der Waals surface area (Å²) < 4.78 is 7.14. The first kappa shape index (κ1) is 26.7. The van der Waals surface area contributed by atoms with Crippen molar-refractivity contribution in [3.63, 3.8) is 0 Å². The molecule has 4 rings (SSSR count). The molecule has 2 atom stereocenters. The van der Waals surface area contributed by atoms with Crippen molar-refractivity contribution in [2.24, 2.45) is 5.92 Å². The van der Waals surface area contributed by atoms with E-state index in [1.807, 2.05) is 49.5 Å². The van der Waals surface area contributed by atoms with Crippen LogP contribution in [0.4, 0.5) is 0 Å². The Balaban J connectivity index is 0.000000204. The number of aromatic nitrogens is 2. The van der Waals surface area contributed by atoms with Crippen molar-refractivity contribution in [3.8, 4) is 17.0 Å². The van der Waals surface area contributed by atoms with Gasteiger partial charge in [-0.05, 0) is 54.9 Å². The van der Waals surface area contributed by atoms with E-state index in [0.29, 0.717) is 6.54 Å². The Bertz CT molecular complexity index is 918. The van der Waals surface area contributed by atoms with E-state index >= 15 is 0 Å². The van der Waals surface area contributed by atoms with Crippen molar-refractivity contribution in [2.75, 3.05) is 7.11 Å². The molecule has 1 N–H and O–H groups in total. The Labute approximate surface area is 200 Å². The SMILES string of the molecule is CCCC.CC[C@@H](O)Cn1ccc(-c2ccccc2)n1.COc1cccc2c1CC[C@H](C)C2. The zero-order valence-electron chi connectivity index (χ0n) is 21.1. The molecule has 0 radical (unpaired) electrons. The highest BCUT2D eigenvalue weighted by atomic mass is 16.5. The number of unbranched alkanes of at least 4 members (excludes halogenated alkanes) is 1. The van der Waals surface area contributed by atoms with E-state index in [-0.39, 0.29) is 6.10 Å². The first-order valence-corrected chi connectivity index (χ1v) is 12.4. The lowest BCUT2D eigenvalue weighted by atomic mass is 9.84. The Morgan fingerprint density at radius 2 is 1.76 bits per heavy atom. The molecule has 0 aliphatic heterocycles. The summed E-state index contributed by atoms with van der Waals surface area (Å²) in [5, 5.41) is 14.0. The molecule has 0 saturated heterocycles. The van der Waals surface area contributed by atoms with Crippen LogP contribution in [-0.2, 0) is 19.4 Å². The van der Waals surface area contributed by atoms with Gasteiger partial charge in [0.05, 0.1) is 25.5 Å². The number of fused-ring (bicyclic) bond motifs is 1. The van der Waals surface area contributed by atoms with Crippen LogP contribution in [0.5, 0.6) is 5.75 Å². The Morgan fingerprint density at radius 1 is 1.03 bits per heavy atom. The first-order chi connectivity index (χ1) is 16.0. The lowest BCUT2D eigenvalue weighted by molar-refractivity contribution is 0.145. The lowest BCUT2D eigenvalue weighted by Gasteiger charge is -2.22. The van der Waals surface area contributed by atoms with Crippen LogP contribution < -0.4 is 4.74 Å². The Morgan fingerprint density at radius 3 is 2.39 bits per heavy atom. The topological polar surface area (TPSA) is 47.3 Å². The molecule has 1 heterocycles. The van der Waals surface area contributed by atoms with Gasteiger partial charge in [-0.25, -0.2) is 0 Å². The minimum absolute atomic E-state index is 0.316. The van der Waals surface area contributed by atoms with Gasteiger partial charge in [0.15, 0.2) is 0 Å². The van der Waals surface area contributed by atoms with Crippen LogP contribution in [0.1, 0.15) is 64.5 Å². The third-order valence-corrected chi connectivity index (χ3v) is 5.98. The maximum absolute atomic E-state index is 9.53. The van der Waals surface area contributed by atoms with E-state index in [0.717, 1.165) is 29.3 Å². The van der Waals surface area contributed by atoms with Crippen molar-refractivity contribution in [2.45, 2.75) is 78.9 Å². The van der Waals surface area contributed by atoms with E-state index in [1.54, 1.807) is 11.8 Å². The number of nitrogens with zero attached hydrogens (tertiary/aromatic N) is 2. The van der Waals surface area contributed by atoms with E-state index in [1.165, 1.54) is 43.2 Å². The minimum Gasteiger partial charge on any atom is -0.496 e. The molecule has 0 spiro atoms. The molecule has 0 amide bonds. The van der Waals surface area contributed by atoms with Crippen molar-refractivity contribution in [1.82, 2.24) is 9.78 Å². The molecule has 4 heteroatoms. The number of rotatable bonds is 6. The van der Waals surface area contributed by atoms with E-state index < -0.39 is 0 Å². The summed E-state index contributed by atoms with van der Waals surface area (Å²) in [5.74, 6) is 1.91. The molecule has 180 valence electrons. The highest BCUT2D eigenvalue weighted by Gasteiger charge is 2.17. The quantitative estimate of drug-likeness (QED) is 0.442. The summed E-state index contributed by atoms with van der Waals surface area (Å²) in [4.78, 5) is 0. The summed E-state index contributed by atoms with van der Waals surface area (Å²) in [6, 6.07) is 18.4. The smallest absolute Gasteiger partial charge is 0.122 e. The summed E-state index contributed by atoms with van der Waals surface area (Å²) >= 11 is 0. The normalized spacial score (nSPS) is 15.3. The van der Waals surface area contributed by atoms with Gasteiger partial charge in [-0.3, -0.25) is 4.68 Å². The molecular formula is C29H42N2O2. The molecule has 0 unspecified atom stereocenters. The fourth-order valence-electron chi connectivity index (χ4n) is 3.72. The zero-order valence-corrected chi connectivity index (χ0v) is 21.1. The number of benzene rings is 2. The van der Waals surface area contributed by atoms with Gasteiger partial charge in [0.1, 0.15) is 5.75 Å². The highest BCUT2D eigenvalue weighted by Crippen LogP contribution is 2.31. The maximum atomic E-state index is 9.53. The van der Waals surface area contributed by atoms with Gasteiger partial charge in [0.25, 0.3) is 0 Å². The van der Waals surface area contributed by atoms with Crippen LogP contribution in [0, 0.1) is 5.92 Å². The van der Waals surface area contributed by atoms with E-state index in [2.05, 4.69) is 44.1 Å². The number of ether oxygens (including phenoxy) is 1. The van der Waals surface area contributed by atoms with Gasteiger partial charge in [0, 0.05) is 11.8 Å². The minimum atomic E-state index is -0.316. The monoisotopic (exact) mass is 450 g/mol. The molecule has 1 aliphatic carbocycles. The second-order valence-corrected chi connectivity index (χ2v) is 8.80. The van der Waals surface area contributed by atoms with Gasteiger partial charge in [0.2, 0.25) is 0 Å². The largest absolute Gasteiger partial charge is 0.496 e. The number of aliphatic hydroxyl groups excluding tert-OH is 1. The third-order valence-electron chi connectivity index (χ3n) is 5.98. The van der Waals surface area contributed by atoms with Gasteiger partial charge in [-0.2, -0.15) is 5.10 Å². The molecule has 3 aromatic rings. The van der Waals surface area contributed by atoms with Gasteiger partial charge >= 0.3 is 0 Å². The summed E-state index contributed by atoms with van der Waals surface area (Å²) in [6.07, 6.45) is 8.67. The predicted molar refractivity (Wildman–Crippen MR) is 139 cm³/mol. The van der Waals surface area contributed by atoms with Crippen LogP contribution in [-0.4, -0.2) is 28.1 Å². The highest BCUT2D eigenvalue weighted by molar-refractivity contribution is 5.57. The fourth-order valence-corrected chi connectivity index (χ4v) is 3.72. The van der Waals surface area contributed by atoms with Crippen molar-refractivity contribution >= 4 is 0 Å². The van der Waals surface area contributed by atoms with E-state index in [4.69, 9.17) is 4.74 Å². The first-order valence-electron chi connectivity index (χ1n) is 12.4. The van der Waals surface area contributed by atoms with Gasteiger partial charge in [-0.15, -0.1) is 0 Å². The third kappa shape index (κ3) is 8.70. The molecule has 0 saturated carbocycles. The maximum Gasteiger partial charge on any atom is 0.122 e. The average Bonchev–Trinajstić information content (AvgIpc) is 3.32. The summed E-state index contributed by atoms with van der Waals surface area (Å²) in [7, 11) is 1.76. The molecular weight excluding hydrogens is 408 g/mol. The Kier molecular flexibility index (Phi) is 11.7. The van der Waals surface area contributed by atoms with Crippen LogP contribution in [0.25, 0.3) is 11.3 Å². The number of methoxy groups -OCH3 is 1. The zero-order chi connectivity index (χ0) is 24.1. The van der Waals surface area contributed by atoms with Crippen molar-refractivity contribution < 1.29 is 9.84 Å².